The molecule has 5 heteroatoms. The smallest absolute Gasteiger partial charge is 0.131 e. The lowest BCUT2D eigenvalue weighted by atomic mass is 10.2. The summed E-state index contributed by atoms with van der Waals surface area (Å²) in [6.45, 7) is 7.37. The molecular formula is C14H26N4O. The maximum absolute atomic E-state index is 9.51. The molecule has 2 N–H and O–H groups in total. The summed E-state index contributed by atoms with van der Waals surface area (Å²) in [4.78, 5) is 2.32. The quantitative estimate of drug-likeness (QED) is 0.760. The molecule has 1 fully saturated rings. The van der Waals surface area contributed by atoms with Crippen molar-refractivity contribution in [2.45, 2.75) is 45.7 Å². The summed E-state index contributed by atoms with van der Waals surface area (Å²) in [6, 6.07) is 0.250. The standard InChI is InChI=1S/C14H26N4O/c1-4-7-15-9-13-11(2)16-17(3)14(13)18-8-5-6-12(18)10-19/h12,15,19H,4-10H2,1-3H3. The molecule has 1 aromatic heterocycles. The van der Waals surface area contributed by atoms with Crippen molar-refractivity contribution in [2.75, 3.05) is 24.6 Å². The third-order valence-corrected chi connectivity index (χ3v) is 3.90. The van der Waals surface area contributed by atoms with Gasteiger partial charge in [0.25, 0.3) is 0 Å². The van der Waals surface area contributed by atoms with Crippen LogP contribution < -0.4 is 10.2 Å². The van der Waals surface area contributed by atoms with Crippen LogP contribution in [0, 0.1) is 6.92 Å². The summed E-state index contributed by atoms with van der Waals surface area (Å²) < 4.78 is 1.96. The van der Waals surface area contributed by atoms with E-state index in [0.29, 0.717) is 0 Å². The Balaban J connectivity index is 2.22. The first-order valence-electron chi connectivity index (χ1n) is 7.29. The van der Waals surface area contributed by atoms with E-state index in [2.05, 4.69) is 29.2 Å². The molecule has 0 radical (unpaired) electrons. The molecule has 108 valence electrons. The average molecular weight is 266 g/mol. The molecule has 2 heterocycles. The van der Waals surface area contributed by atoms with Crippen LogP contribution in [0.25, 0.3) is 0 Å². The first-order chi connectivity index (χ1) is 9.19. The minimum atomic E-state index is 0.228. The summed E-state index contributed by atoms with van der Waals surface area (Å²) in [5.41, 5.74) is 2.36. The van der Waals surface area contributed by atoms with Crippen molar-refractivity contribution >= 4 is 5.82 Å². The summed E-state index contributed by atoms with van der Waals surface area (Å²) in [7, 11) is 2.00. The van der Waals surface area contributed by atoms with Gasteiger partial charge in [-0.1, -0.05) is 6.92 Å². The van der Waals surface area contributed by atoms with Gasteiger partial charge in [0.15, 0.2) is 0 Å². The van der Waals surface area contributed by atoms with Crippen LogP contribution in [0.3, 0.4) is 0 Å². The molecule has 0 saturated carbocycles. The van der Waals surface area contributed by atoms with Gasteiger partial charge in [-0.05, 0) is 32.7 Å². The number of aliphatic hydroxyl groups excluding tert-OH is 1. The van der Waals surface area contributed by atoms with E-state index in [1.807, 2.05) is 11.7 Å². The van der Waals surface area contributed by atoms with Gasteiger partial charge in [0.05, 0.1) is 18.3 Å². The lowest BCUT2D eigenvalue weighted by molar-refractivity contribution is 0.265. The molecule has 1 aromatic rings. The third kappa shape index (κ3) is 2.92. The Morgan fingerprint density at radius 3 is 2.95 bits per heavy atom. The highest BCUT2D eigenvalue weighted by molar-refractivity contribution is 5.52. The fourth-order valence-electron chi connectivity index (χ4n) is 2.95. The predicted molar refractivity (Wildman–Crippen MR) is 77.4 cm³/mol. The molecule has 0 spiro atoms. The highest BCUT2D eigenvalue weighted by Crippen LogP contribution is 2.29. The van der Waals surface area contributed by atoms with Crippen molar-refractivity contribution in [3.8, 4) is 0 Å². The number of aromatic nitrogens is 2. The SMILES string of the molecule is CCCNCc1c(C)nn(C)c1N1CCCC1CO. The van der Waals surface area contributed by atoms with Gasteiger partial charge in [-0.3, -0.25) is 4.68 Å². The van der Waals surface area contributed by atoms with E-state index in [1.165, 1.54) is 11.4 Å². The van der Waals surface area contributed by atoms with Crippen molar-refractivity contribution in [1.82, 2.24) is 15.1 Å². The van der Waals surface area contributed by atoms with Crippen LogP contribution in [0.1, 0.15) is 37.4 Å². The number of hydrogen-bond acceptors (Lipinski definition) is 4. The van der Waals surface area contributed by atoms with Crippen LogP contribution in [0.2, 0.25) is 0 Å². The second-order valence-electron chi connectivity index (χ2n) is 5.36. The molecule has 0 bridgehead atoms. The first kappa shape index (κ1) is 14.3. The third-order valence-electron chi connectivity index (χ3n) is 3.90. The zero-order valence-electron chi connectivity index (χ0n) is 12.3. The number of aliphatic hydroxyl groups is 1. The topological polar surface area (TPSA) is 53.3 Å². The number of anilines is 1. The zero-order valence-corrected chi connectivity index (χ0v) is 12.3. The Kier molecular flexibility index (Phi) is 4.82. The number of nitrogens with one attached hydrogen (secondary N) is 1. The van der Waals surface area contributed by atoms with Gasteiger partial charge in [0, 0.05) is 25.7 Å². The van der Waals surface area contributed by atoms with E-state index < -0.39 is 0 Å². The van der Waals surface area contributed by atoms with Gasteiger partial charge < -0.3 is 15.3 Å². The first-order valence-corrected chi connectivity index (χ1v) is 7.29. The molecular weight excluding hydrogens is 240 g/mol. The van der Waals surface area contributed by atoms with E-state index in [1.54, 1.807) is 0 Å². The fraction of sp³-hybridized carbons (Fsp3) is 0.786. The van der Waals surface area contributed by atoms with Crippen molar-refractivity contribution in [3.63, 3.8) is 0 Å². The van der Waals surface area contributed by atoms with Gasteiger partial charge in [0.1, 0.15) is 5.82 Å². The van der Waals surface area contributed by atoms with E-state index in [9.17, 15) is 5.11 Å². The Labute approximate surface area is 115 Å². The minimum absolute atomic E-state index is 0.228. The van der Waals surface area contributed by atoms with Crippen LogP contribution in [0.4, 0.5) is 5.82 Å². The average Bonchev–Trinajstić information content (AvgIpc) is 2.94. The molecule has 1 saturated heterocycles. The summed E-state index contributed by atoms with van der Waals surface area (Å²) in [5, 5.41) is 17.5. The van der Waals surface area contributed by atoms with E-state index in [0.717, 1.165) is 44.6 Å². The fourth-order valence-corrected chi connectivity index (χ4v) is 2.95. The molecule has 5 nitrogen and oxygen atoms in total. The van der Waals surface area contributed by atoms with Gasteiger partial charge in [0.2, 0.25) is 0 Å². The van der Waals surface area contributed by atoms with Crippen molar-refractivity contribution in [2.24, 2.45) is 7.05 Å². The van der Waals surface area contributed by atoms with Crippen LogP contribution >= 0.6 is 0 Å². The zero-order chi connectivity index (χ0) is 13.8. The molecule has 0 aliphatic carbocycles. The van der Waals surface area contributed by atoms with Crippen molar-refractivity contribution < 1.29 is 5.11 Å². The number of aryl methyl sites for hydroxylation is 2. The molecule has 1 aliphatic heterocycles. The van der Waals surface area contributed by atoms with Gasteiger partial charge in [-0.15, -0.1) is 0 Å². The van der Waals surface area contributed by atoms with Gasteiger partial charge in [-0.25, -0.2) is 0 Å². The van der Waals surface area contributed by atoms with Gasteiger partial charge >= 0.3 is 0 Å². The maximum atomic E-state index is 9.51. The molecule has 0 amide bonds. The maximum Gasteiger partial charge on any atom is 0.131 e. The summed E-state index contributed by atoms with van der Waals surface area (Å²) >= 11 is 0. The van der Waals surface area contributed by atoms with Crippen LogP contribution in [0.5, 0.6) is 0 Å². The normalized spacial score (nSPS) is 19.4. The number of rotatable bonds is 6. The molecule has 1 atom stereocenters. The van der Waals surface area contributed by atoms with Crippen molar-refractivity contribution in [1.29, 1.82) is 0 Å². The second kappa shape index (κ2) is 6.39. The molecule has 2 rings (SSSR count). The van der Waals surface area contributed by atoms with E-state index in [-0.39, 0.29) is 12.6 Å². The number of nitrogens with zero attached hydrogens (tertiary/aromatic N) is 3. The highest BCUT2D eigenvalue weighted by Gasteiger charge is 2.29. The predicted octanol–water partition coefficient (Wildman–Crippen LogP) is 1.19. The summed E-state index contributed by atoms with van der Waals surface area (Å²) in [5.74, 6) is 1.18. The van der Waals surface area contributed by atoms with Crippen molar-refractivity contribution in [3.05, 3.63) is 11.3 Å². The molecule has 0 aromatic carbocycles. The largest absolute Gasteiger partial charge is 0.394 e. The Morgan fingerprint density at radius 2 is 2.26 bits per heavy atom. The monoisotopic (exact) mass is 266 g/mol. The Hall–Kier alpha value is -1.07. The highest BCUT2D eigenvalue weighted by atomic mass is 16.3. The molecule has 1 unspecified atom stereocenters. The minimum Gasteiger partial charge on any atom is -0.394 e. The lowest BCUT2D eigenvalue weighted by Crippen LogP contribution is -2.34. The van der Waals surface area contributed by atoms with E-state index >= 15 is 0 Å². The summed E-state index contributed by atoms with van der Waals surface area (Å²) in [6.07, 6.45) is 3.36. The van der Waals surface area contributed by atoms with E-state index in [4.69, 9.17) is 0 Å². The molecule has 19 heavy (non-hydrogen) atoms. The van der Waals surface area contributed by atoms with Crippen LogP contribution in [-0.2, 0) is 13.6 Å². The Bertz CT molecular complexity index is 416. The molecule has 1 aliphatic rings. The number of hydrogen-bond donors (Lipinski definition) is 2. The van der Waals surface area contributed by atoms with Crippen LogP contribution in [-0.4, -0.2) is 40.6 Å². The Morgan fingerprint density at radius 1 is 1.47 bits per heavy atom. The second-order valence-corrected chi connectivity index (χ2v) is 5.36. The van der Waals surface area contributed by atoms with Crippen LogP contribution in [0.15, 0.2) is 0 Å². The lowest BCUT2D eigenvalue weighted by Gasteiger charge is -2.26. The van der Waals surface area contributed by atoms with Gasteiger partial charge in [-0.2, -0.15) is 5.10 Å².